The normalized spacial score (nSPS) is 10.4. The molecule has 0 atom stereocenters. The standard InChI is InChI=1S/C19H17ClN4O3/c1-13(25)17-8-4-6-15(21-17)11-24-10-9-18(23-24)22-19(26)27-12-14-5-2-3-7-16(14)20/h2-10H,11-12H2,1H3,(H,22,23,26). The average Bonchev–Trinajstić information content (AvgIpc) is 3.08. The fraction of sp³-hybridized carbons (Fsp3) is 0.158. The van der Waals surface area contributed by atoms with E-state index in [0.29, 0.717) is 28.8 Å². The van der Waals surface area contributed by atoms with Crippen molar-refractivity contribution in [3.05, 3.63) is 76.7 Å². The number of nitrogens with zero attached hydrogens (tertiary/aromatic N) is 3. The van der Waals surface area contributed by atoms with Crippen molar-refractivity contribution in [3.63, 3.8) is 0 Å². The van der Waals surface area contributed by atoms with Gasteiger partial charge in [-0.25, -0.2) is 9.78 Å². The topological polar surface area (TPSA) is 86.1 Å². The first kappa shape index (κ1) is 18.6. The molecule has 2 heterocycles. The number of nitrogens with one attached hydrogen (secondary N) is 1. The second-order valence-electron chi connectivity index (χ2n) is 5.76. The highest BCUT2D eigenvalue weighted by atomic mass is 35.5. The van der Waals surface area contributed by atoms with Gasteiger partial charge in [-0.05, 0) is 18.2 Å². The lowest BCUT2D eigenvalue weighted by Crippen LogP contribution is -2.14. The molecule has 138 valence electrons. The molecule has 7 nitrogen and oxygen atoms in total. The molecule has 0 fully saturated rings. The summed E-state index contributed by atoms with van der Waals surface area (Å²) in [6.07, 6.45) is 1.07. The van der Waals surface area contributed by atoms with Crippen molar-refractivity contribution >= 4 is 29.3 Å². The third kappa shape index (κ3) is 5.15. The van der Waals surface area contributed by atoms with Gasteiger partial charge in [0.15, 0.2) is 11.6 Å². The Morgan fingerprint density at radius 1 is 1.15 bits per heavy atom. The fourth-order valence-corrected chi connectivity index (χ4v) is 2.54. The van der Waals surface area contributed by atoms with E-state index in [0.717, 1.165) is 5.56 Å². The van der Waals surface area contributed by atoms with E-state index in [4.69, 9.17) is 16.3 Å². The monoisotopic (exact) mass is 384 g/mol. The summed E-state index contributed by atoms with van der Waals surface area (Å²) in [5.74, 6) is 0.253. The van der Waals surface area contributed by atoms with Crippen molar-refractivity contribution < 1.29 is 14.3 Å². The Morgan fingerprint density at radius 2 is 1.96 bits per heavy atom. The number of aromatic nitrogens is 3. The molecule has 3 aromatic rings. The van der Waals surface area contributed by atoms with Gasteiger partial charge in [0.2, 0.25) is 0 Å². The van der Waals surface area contributed by atoms with Gasteiger partial charge in [0.1, 0.15) is 12.3 Å². The number of hydrogen-bond acceptors (Lipinski definition) is 5. The molecule has 0 saturated heterocycles. The Balaban J connectivity index is 1.56. The molecule has 8 heteroatoms. The number of Topliss-reactive ketones (excluding diaryl/α,β-unsaturated/α-hetero) is 1. The molecule has 0 radical (unpaired) electrons. The van der Waals surface area contributed by atoms with Gasteiger partial charge in [0.25, 0.3) is 0 Å². The summed E-state index contributed by atoms with van der Waals surface area (Å²) in [6.45, 7) is 1.90. The quantitative estimate of drug-likeness (QED) is 0.651. The van der Waals surface area contributed by atoms with Crippen LogP contribution in [0.25, 0.3) is 0 Å². The van der Waals surface area contributed by atoms with Crippen molar-refractivity contribution in [1.82, 2.24) is 14.8 Å². The lowest BCUT2D eigenvalue weighted by atomic mass is 10.2. The number of ketones is 1. The van der Waals surface area contributed by atoms with Gasteiger partial charge in [-0.1, -0.05) is 35.9 Å². The van der Waals surface area contributed by atoms with Gasteiger partial charge in [-0.15, -0.1) is 0 Å². The molecule has 0 unspecified atom stereocenters. The zero-order chi connectivity index (χ0) is 19.2. The second kappa shape index (κ2) is 8.46. The lowest BCUT2D eigenvalue weighted by Gasteiger charge is -2.06. The molecule has 0 saturated carbocycles. The van der Waals surface area contributed by atoms with Crippen LogP contribution in [0.15, 0.2) is 54.7 Å². The smallest absolute Gasteiger partial charge is 0.413 e. The molecule has 0 aliphatic carbocycles. The summed E-state index contributed by atoms with van der Waals surface area (Å²) >= 11 is 6.02. The van der Waals surface area contributed by atoms with Gasteiger partial charge in [0.05, 0.1) is 12.2 Å². The SMILES string of the molecule is CC(=O)c1cccc(Cn2ccc(NC(=O)OCc3ccccc3Cl)n2)n1. The zero-order valence-electron chi connectivity index (χ0n) is 14.6. The largest absolute Gasteiger partial charge is 0.444 e. The van der Waals surface area contributed by atoms with Crippen molar-refractivity contribution in [2.75, 3.05) is 5.32 Å². The van der Waals surface area contributed by atoms with E-state index in [9.17, 15) is 9.59 Å². The molecule has 0 spiro atoms. The number of hydrogen-bond donors (Lipinski definition) is 1. The van der Waals surface area contributed by atoms with Crippen LogP contribution in [-0.2, 0) is 17.9 Å². The molecule has 3 rings (SSSR count). The zero-order valence-corrected chi connectivity index (χ0v) is 15.3. The first-order valence-electron chi connectivity index (χ1n) is 8.19. The van der Waals surface area contributed by atoms with Gasteiger partial charge in [-0.3, -0.25) is 14.8 Å². The Hall–Kier alpha value is -3.19. The number of pyridine rings is 1. The third-order valence-electron chi connectivity index (χ3n) is 3.68. The molecular weight excluding hydrogens is 368 g/mol. The minimum Gasteiger partial charge on any atom is -0.444 e. The van der Waals surface area contributed by atoms with Crippen molar-refractivity contribution in [2.45, 2.75) is 20.1 Å². The van der Waals surface area contributed by atoms with E-state index in [1.54, 1.807) is 53.3 Å². The molecule has 1 aromatic carbocycles. The van der Waals surface area contributed by atoms with E-state index in [1.165, 1.54) is 6.92 Å². The van der Waals surface area contributed by atoms with Crippen LogP contribution in [0, 0.1) is 0 Å². The fourth-order valence-electron chi connectivity index (χ4n) is 2.35. The third-order valence-corrected chi connectivity index (χ3v) is 4.05. The number of rotatable bonds is 6. The number of anilines is 1. The molecule has 2 aromatic heterocycles. The van der Waals surface area contributed by atoms with Crippen LogP contribution in [0.1, 0.15) is 28.7 Å². The van der Waals surface area contributed by atoms with E-state index in [1.807, 2.05) is 6.07 Å². The molecule has 27 heavy (non-hydrogen) atoms. The van der Waals surface area contributed by atoms with E-state index in [-0.39, 0.29) is 12.4 Å². The van der Waals surface area contributed by atoms with Crippen LogP contribution in [0.3, 0.4) is 0 Å². The van der Waals surface area contributed by atoms with Crippen LogP contribution in [0.4, 0.5) is 10.6 Å². The van der Waals surface area contributed by atoms with Crippen LogP contribution >= 0.6 is 11.6 Å². The summed E-state index contributed by atoms with van der Waals surface area (Å²) in [5.41, 5.74) is 1.82. The van der Waals surface area contributed by atoms with Crippen molar-refractivity contribution in [1.29, 1.82) is 0 Å². The number of carbonyl (C=O) groups excluding carboxylic acids is 2. The molecular formula is C19H17ClN4O3. The van der Waals surface area contributed by atoms with E-state index in [2.05, 4.69) is 15.4 Å². The Bertz CT molecular complexity index is 971. The summed E-state index contributed by atoms with van der Waals surface area (Å²) in [6, 6.07) is 14.0. The minimum atomic E-state index is -0.628. The minimum absolute atomic E-state index is 0.0635. The Labute approximate surface area is 160 Å². The summed E-state index contributed by atoms with van der Waals surface area (Å²) < 4.78 is 6.76. The van der Waals surface area contributed by atoms with Crippen LogP contribution in [-0.4, -0.2) is 26.6 Å². The molecule has 0 aliphatic rings. The predicted molar refractivity (Wildman–Crippen MR) is 101 cm³/mol. The van der Waals surface area contributed by atoms with Gasteiger partial charge in [0, 0.05) is 29.8 Å². The number of amides is 1. The number of halogens is 1. The summed E-state index contributed by atoms with van der Waals surface area (Å²) in [5, 5.41) is 7.34. The van der Waals surface area contributed by atoms with Crippen LogP contribution in [0.2, 0.25) is 5.02 Å². The lowest BCUT2D eigenvalue weighted by molar-refractivity contribution is 0.101. The number of ether oxygens (including phenoxy) is 1. The van der Waals surface area contributed by atoms with Gasteiger partial charge < -0.3 is 4.74 Å². The Morgan fingerprint density at radius 3 is 2.74 bits per heavy atom. The molecule has 1 amide bonds. The number of benzene rings is 1. The highest BCUT2D eigenvalue weighted by Gasteiger charge is 2.09. The van der Waals surface area contributed by atoms with E-state index >= 15 is 0 Å². The van der Waals surface area contributed by atoms with Crippen molar-refractivity contribution in [3.8, 4) is 0 Å². The second-order valence-corrected chi connectivity index (χ2v) is 6.17. The van der Waals surface area contributed by atoms with Crippen LogP contribution in [0.5, 0.6) is 0 Å². The Kier molecular flexibility index (Phi) is 5.83. The summed E-state index contributed by atoms with van der Waals surface area (Å²) in [7, 11) is 0. The molecule has 1 N–H and O–H groups in total. The van der Waals surface area contributed by atoms with Gasteiger partial charge >= 0.3 is 6.09 Å². The predicted octanol–water partition coefficient (Wildman–Crippen LogP) is 3.93. The maximum atomic E-state index is 11.9. The molecule has 0 bridgehead atoms. The molecule has 0 aliphatic heterocycles. The van der Waals surface area contributed by atoms with Crippen molar-refractivity contribution in [2.24, 2.45) is 0 Å². The van der Waals surface area contributed by atoms with Crippen LogP contribution < -0.4 is 5.32 Å². The average molecular weight is 385 g/mol. The maximum absolute atomic E-state index is 11.9. The highest BCUT2D eigenvalue weighted by Crippen LogP contribution is 2.16. The first-order valence-corrected chi connectivity index (χ1v) is 8.56. The van der Waals surface area contributed by atoms with E-state index < -0.39 is 6.09 Å². The summed E-state index contributed by atoms with van der Waals surface area (Å²) in [4.78, 5) is 27.6. The maximum Gasteiger partial charge on any atom is 0.413 e. The number of carbonyl (C=O) groups is 2. The van der Waals surface area contributed by atoms with Gasteiger partial charge in [-0.2, -0.15) is 5.10 Å². The first-order chi connectivity index (χ1) is 13.0. The highest BCUT2D eigenvalue weighted by molar-refractivity contribution is 6.31.